The zero-order chi connectivity index (χ0) is 12.3. The number of amides is 1. The predicted molar refractivity (Wildman–Crippen MR) is 65.2 cm³/mol. The molecule has 1 aromatic rings. The van der Waals surface area contributed by atoms with E-state index in [4.69, 9.17) is 5.73 Å². The molecule has 0 aromatic carbocycles. The molecule has 1 aliphatic heterocycles. The third kappa shape index (κ3) is 3.06. The fourth-order valence-corrected chi connectivity index (χ4v) is 2.19. The lowest BCUT2D eigenvalue weighted by Gasteiger charge is -2.35. The van der Waals surface area contributed by atoms with Gasteiger partial charge in [0.25, 0.3) is 0 Å². The minimum atomic E-state index is 0.220. The molecule has 5 nitrogen and oxygen atoms in total. The van der Waals surface area contributed by atoms with Gasteiger partial charge in [-0.3, -0.25) is 4.79 Å². The van der Waals surface area contributed by atoms with E-state index in [2.05, 4.69) is 11.9 Å². The minimum absolute atomic E-state index is 0.220. The Hall–Kier alpha value is -1.36. The maximum atomic E-state index is 12.0. The molecule has 1 saturated heterocycles. The number of imidazole rings is 1. The Labute approximate surface area is 102 Å². The third-order valence-electron chi connectivity index (χ3n) is 3.47. The summed E-state index contributed by atoms with van der Waals surface area (Å²) in [5.74, 6) is 0.624. The molecule has 2 heterocycles. The zero-order valence-electron chi connectivity index (χ0n) is 10.2. The van der Waals surface area contributed by atoms with E-state index in [1.807, 2.05) is 15.7 Å². The molecule has 2 N–H and O–H groups in total. The van der Waals surface area contributed by atoms with Crippen LogP contribution in [0.5, 0.6) is 0 Å². The third-order valence-corrected chi connectivity index (χ3v) is 3.47. The van der Waals surface area contributed by atoms with Crippen molar-refractivity contribution in [2.75, 3.05) is 13.1 Å². The average Bonchev–Trinajstić information content (AvgIpc) is 2.82. The second-order valence-corrected chi connectivity index (χ2v) is 4.82. The highest BCUT2D eigenvalue weighted by atomic mass is 16.2. The van der Waals surface area contributed by atoms with Crippen molar-refractivity contribution >= 4 is 5.91 Å². The number of nitrogens with zero attached hydrogens (tertiary/aromatic N) is 3. The van der Waals surface area contributed by atoms with Crippen LogP contribution < -0.4 is 5.73 Å². The van der Waals surface area contributed by atoms with Crippen molar-refractivity contribution in [3.63, 3.8) is 0 Å². The molecule has 94 valence electrons. The Balaban J connectivity index is 1.80. The van der Waals surface area contributed by atoms with Gasteiger partial charge in [-0.2, -0.15) is 0 Å². The van der Waals surface area contributed by atoms with Crippen molar-refractivity contribution in [2.45, 2.75) is 32.4 Å². The zero-order valence-corrected chi connectivity index (χ0v) is 10.2. The second-order valence-electron chi connectivity index (χ2n) is 4.82. The number of rotatable bonds is 3. The summed E-state index contributed by atoms with van der Waals surface area (Å²) in [6.45, 7) is 4.41. The van der Waals surface area contributed by atoms with Gasteiger partial charge in [-0.1, -0.05) is 6.92 Å². The van der Waals surface area contributed by atoms with E-state index in [9.17, 15) is 4.79 Å². The number of carbonyl (C=O) groups excluding carboxylic acids is 1. The Bertz CT molecular complexity index is 363. The normalized spacial score (nSPS) is 24.9. The van der Waals surface area contributed by atoms with Crippen molar-refractivity contribution in [1.29, 1.82) is 0 Å². The van der Waals surface area contributed by atoms with Crippen LogP contribution in [0.2, 0.25) is 0 Å². The van der Waals surface area contributed by atoms with Gasteiger partial charge in [0.1, 0.15) is 0 Å². The lowest BCUT2D eigenvalue weighted by atomic mass is 9.94. The molecule has 0 bridgehead atoms. The molecule has 0 radical (unpaired) electrons. The van der Waals surface area contributed by atoms with Crippen LogP contribution in [0.1, 0.15) is 19.8 Å². The van der Waals surface area contributed by atoms with Gasteiger partial charge >= 0.3 is 0 Å². The van der Waals surface area contributed by atoms with Crippen molar-refractivity contribution in [3.05, 3.63) is 18.7 Å². The fraction of sp³-hybridized carbons (Fsp3) is 0.667. The molecule has 5 heteroatoms. The van der Waals surface area contributed by atoms with Crippen LogP contribution in [0.15, 0.2) is 18.7 Å². The van der Waals surface area contributed by atoms with E-state index in [0.717, 1.165) is 19.5 Å². The first-order chi connectivity index (χ1) is 8.16. The Morgan fingerprint density at radius 3 is 3.06 bits per heavy atom. The van der Waals surface area contributed by atoms with Gasteiger partial charge in [0.15, 0.2) is 0 Å². The molecule has 2 atom stereocenters. The summed E-state index contributed by atoms with van der Waals surface area (Å²) < 4.78 is 1.93. The number of carbonyl (C=O) groups is 1. The van der Waals surface area contributed by atoms with Gasteiger partial charge in [-0.15, -0.1) is 0 Å². The highest BCUT2D eigenvalue weighted by Crippen LogP contribution is 2.15. The van der Waals surface area contributed by atoms with Crippen LogP contribution in [0.4, 0.5) is 0 Å². The Morgan fingerprint density at radius 2 is 2.41 bits per heavy atom. The number of piperidine rings is 1. The van der Waals surface area contributed by atoms with E-state index in [1.165, 1.54) is 0 Å². The number of nitrogens with two attached hydrogens (primary N) is 1. The molecule has 0 spiro atoms. The van der Waals surface area contributed by atoms with E-state index in [1.54, 1.807) is 12.5 Å². The van der Waals surface area contributed by atoms with Crippen molar-refractivity contribution < 1.29 is 4.79 Å². The van der Waals surface area contributed by atoms with E-state index in [0.29, 0.717) is 18.9 Å². The quantitative estimate of drug-likeness (QED) is 0.829. The summed E-state index contributed by atoms with van der Waals surface area (Å²) >= 11 is 0. The molecule has 2 unspecified atom stereocenters. The number of aromatic nitrogens is 2. The Kier molecular flexibility index (Phi) is 3.78. The monoisotopic (exact) mass is 236 g/mol. The summed E-state index contributed by atoms with van der Waals surface area (Å²) in [6.07, 6.45) is 6.80. The SMILES string of the molecule is CC1CN(C(=O)CCn2ccnc2)CCC1N. The predicted octanol–water partition coefficient (Wildman–Crippen LogP) is 0.469. The van der Waals surface area contributed by atoms with Crippen LogP contribution in [0, 0.1) is 5.92 Å². The molecular formula is C12H20N4O. The molecular weight excluding hydrogens is 216 g/mol. The molecule has 2 rings (SSSR count). The summed E-state index contributed by atoms with van der Waals surface area (Å²) in [5, 5.41) is 0. The van der Waals surface area contributed by atoms with Crippen molar-refractivity contribution in [3.8, 4) is 0 Å². The number of hydrogen-bond acceptors (Lipinski definition) is 3. The van der Waals surface area contributed by atoms with Crippen LogP contribution in [0.3, 0.4) is 0 Å². The Morgan fingerprint density at radius 1 is 1.59 bits per heavy atom. The minimum Gasteiger partial charge on any atom is -0.342 e. The van der Waals surface area contributed by atoms with Gasteiger partial charge in [-0.25, -0.2) is 4.98 Å². The first-order valence-electron chi connectivity index (χ1n) is 6.16. The number of aryl methyl sites for hydroxylation is 1. The summed E-state index contributed by atoms with van der Waals surface area (Å²) in [4.78, 5) is 17.9. The maximum Gasteiger partial charge on any atom is 0.224 e. The van der Waals surface area contributed by atoms with Crippen molar-refractivity contribution in [1.82, 2.24) is 14.5 Å². The first kappa shape index (κ1) is 12.1. The molecule has 1 aliphatic rings. The topological polar surface area (TPSA) is 64.2 Å². The summed E-state index contributed by atoms with van der Waals surface area (Å²) in [5.41, 5.74) is 5.94. The highest BCUT2D eigenvalue weighted by molar-refractivity contribution is 5.76. The van der Waals surface area contributed by atoms with Gasteiger partial charge in [0.05, 0.1) is 6.33 Å². The maximum absolute atomic E-state index is 12.0. The van der Waals surface area contributed by atoms with Gasteiger partial charge in [0, 0.05) is 44.5 Å². The first-order valence-corrected chi connectivity index (χ1v) is 6.16. The van der Waals surface area contributed by atoms with Gasteiger partial charge in [0.2, 0.25) is 5.91 Å². The van der Waals surface area contributed by atoms with E-state index < -0.39 is 0 Å². The molecule has 17 heavy (non-hydrogen) atoms. The van der Waals surface area contributed by atoms with Crippen LogP contribution in [-0.4, -0.2) is 39.5 Å². The largest absolute Gasteiger partial charge is 0.342 e. The summed E-state index contributed by atoms with van der Waals surface area (Å²) in [7, 11) is 0. The lowest BCUT2D eigenvalue weighted by molar-refractivity contribution is -0.133. The molecule has 1 amide bonds. The van der Waals surface area contributed by atoms with Crippen molar-refractivity contribution in [2.24, 2.45) is 11.7 Å². The smallest absolute Gasteiger partial charge is 0.224 e. The fourth-order valence-electron chi connectivity index (χ4n) is 2.19. The average molecular weight is 236 g/mol. The molecule has 0 saturated carbocycles. The molecule has 0 aliphatic carbocycles. The number of likely N-dealkylation sites (tertiary alicyclic amines) is 1. The molecule has 1 aromatic heterocycles. The van der Waals surface area contributed by atoms with Gasteiger partial charge in [-0.05, 0) is 12.3 Å². The highest BCUT2D eigenvalue weighted by Gasteiger charge is 2.25. The van der Waals surface area contributed by atoms with Crippen LogP contribution in [-0.2, 0) is 11.3 Å². The standard InChI is InChI=1S/C12H20N4O/c1-10-8-16(6-2-11(10)13)12(17)3-5-15-7-4-14-9-15/h4,7,9-11H,2-3,5-6,8,13H2,1H3. The lowest BCUT2D eigenvalue weighted by Crippen LogP contribution is -2.48. The molecule has 1 fully saturated rings. The van der Waals surface area contributed by atoms with E-state index >= 15 is 0 Å². The van der Waals surface area contributed by atoms with Crippen LogP contribution >= 0.6 is 0 Å². The van der Waals surface area contributed by atoms with Gasteiger partial charge < -0.3 is 15.2 Å². The second kappa shape index (κ2) is 5.31. The summed E-state index contributed by atoms with van der Waals surface area (Å²) in [6, 6.07) is 0.243. The van der Waals surface area contributed by atoms with Crippen LogP contribution in [0.25, 0.3) is 0 Å². The van der Waals surface area contributed by atoms with E-state index in [-0.39, 0.29) is 11.9 Å². The number of hydrogen-bond donors (Lipinski definition) is 1.